The molecular formula is C21H25N3O3. The summed E-state index contributed by atoms with van der Waals surface area (Å²) in [5, 5.41) is 0. The summed E-state index contributed by atoms with van der Waals surface area (Å²) in [6.07, 6.45) is 5.84. The fraction of sp³-hybridized carbons (Fsp3) is 0.429. The Hall–Kier alpha value is -2.76. The third-order valence-corrected chi connectivity index (χ3v) is 5.32. The molecule has 6 heteroatoms. The molecule has 0 radical (unpaired) electrons. The minimum atomic E-state index is 0.0449. The fourth-order valence-electron chi connectivity index (χ4n) is 3.82. The van der Waals surface area contributed by atoms with Crippen LogP contribution >= 0.6 is 0 Å². The molecule has 142 valence electrons. The van der Waals surface area contributed by atoms with E-state index in [0.717, 1.165) is 30.8 Å². The van der Waals surface area contributed by atoms with Crippen molar-refractivity contribution in [2.75, 3.05) is 32.8 Å². The van der Waals surface area contributed by atoms with Crippen LogP contribution in [0.2, 0.25) is 0 Å². The molecular weight excluding hydrogens is 342 g/mol. The molecule has 0 N–H and O–H groups in total. The number of nitrogens with zero attached hydrogens (tertiary/aromatic N) is 3. The molecule has 0 atom stereocenters. The van der Waals surface area contributed by atoms with Crippen LogP contribution < -0.4 is 4.74 Å². The number of hydrogen-bond donors (Lipinski definition) is 0. The molecule has 0 saturated carbocycles. The molecule has 4 rings (SSSR count). The molecule has 0 bridgehead atoms. The number of carbonyl (C=O) groups is 2. The summed E-state index contributed by atoms with van der Waals surface area (Å²) in [6, 6.07) is 7.87. The first-order chi connectivity index (χ1) is 13.1. The van der Waals surface area contributed by atoms with Gasteiger partial charge in [-0.15, -0.1) is 0 Å². The zero-order chi connectivity index (χ0) is 18.8. The minimum absolute atomic E-state index is 0.0449. The standard InChI is InChI=1S/C21H25N3O3/c1-22-9-5-18(15-22)21(26)24-8-2-7-23(10-11-24)20(25)14-16-3-4-19-17(13-16)6-12-27-19/h3-5,9,13,15H,2,6-8,10-12,14H2,1H3. The van der Waals surface area contributed by atoms with Gasteiger partial charge in [0.1, 0.15) is 5.75 Å². The van der Waals surface area contributed by atoms with Gasteiger partial charge in [-0.25, -0.2) is 0 Å². The maximum Gasteiger partial charge on any atom is 0.255 e. The molecule has 0 spiro atoms. The number of ether oxygens (including phenoxy) is 1. The third kappa shape index (κ3) is 3.84. The molecule has 1 aromatic heterocycles. The van der Waals surface area contributed by atoms with Gasteiger partial charge in [0.15, 0.2) is 0 Å². The highest BCUT2D eigenvalue weighted by atomic mass is 16.5. The van der Waals surface area contributed by atoms with Gasteiger partial charge in [-0.3, -0.25) is 9.59 Å². The molecule has 0 unspecified atom stereocenters. The maximum atomic E-state index is 12.8. The van der Waals surface area contributed by atoms with E-state index < -0.39 is 0 Å². The molecule has 2 amide bonds. The molecule has 3 heterocycles. The van der Waals surface area contributed by atoms with Gasteiger partial charge in [-0.05, 0) is 29.7 Å². The van der Waals surface area contributed by atoms with Crippen LogP contribution in [0.3, 0.4) is 0 Å². The molecule has 6 nitrogen and oxygen atoms in total. The number of amides is 2. The number of carbonyl (C=O) groups excluding carboxylic acids is 2. The zero-order valence-corrected chi connectivity index (χ0v) is 15.7. The van der Waals surface area contributed by atoms with E-state index in [0.29, 0.717) is 38.2 Å². The quantitative estimate of drug-likeness (QED) is 0.832. The highest BCUT2D eigenvalue weighted by Gasteiger charge is 2.23. The smallest absolute Gasteiger partial charge is 0.255 e. The largest absolute Gasteiger partial charge is 0.493 e. The summed E-state index contributed by atoms with van der Waals surface area (Å²) in [5.41, 5.74) is 2.93. The third-order valence-electron chi connectivity index (χ3n) is 5.32. The van der Waals surface area contributed by atoms with Gasteiger partial charge >= 0.3 is 0 Å². The molecule has 2 aromatic rings. The second kappa shape index (κ2) is 7.47. The lowest BCUT2D eigenvalue weighted by Gasteiger charge is -2.22. The predicted molar refractivity (Wildman–Crippen MR) is 102 cm³/mol. The van der Waals surface area contributed by atoms with Crippen LogP contribution in [0.15, 0.2) is 36.7 Å². The average Bonchev–Trinajstić information content (AvgIpc) is 3.22. The van der Waals surface area contributed by atoms with Crippen LogP contribution in [0.4, 0.5) is 0 Å². The van der Waals surface area contributed by atoms with E-state index in [9.17, 15) is 9.59 Å². The zero-order valence-electron chi connectivity index (χ0n) is 15.7. The number of fused-ring (bicyclic) bond motifs is 1. The normalized spacial score (nSPS) is 16.6. The van der Waals surface area contributed by atoms with Crippen LogP contribution in [-0.2, 0) is 24.7 Å². The van der Waals surface area contributed by atoms with Crippen LogP contribution in [0.25, 0.3) is 0 Å². The van der Waals surface area contributed by atoms with Crippen molar-refractivity contribution in [3.05, 3.63) is 53.3 Å². The SMILES string of the molecule is Cn1ccc(C(=O)N2CCCN(C(=O)Cc3ccc4c(c3)CCO4)CC2)c1. The molecule has 2 aliphatic rings. The van der Waals surface area contributed by atoms with Crippen LogP contribution in [0.1, 0.15) is 27.9 Å². The van der Waals surface area contributed by atoms with Gasteiger partial charge in [0.05, 0.1) is 18.6 Å². The van der Waals surface area contributed by atoms with Crippen molar-refractivity contribution in [1.29, 1.82) is 0 Å². The molecule has 0 aliphatic carbocycles. The number of hydrogen-bond acceptors (Lipinski definition) is 3. The Labute approximate surface area is 159 Å². The minimum Gasteiger partial charge on any atom is -0.493 e. The topological polar surface area (TPSA) is 54.8 Å². The van der Waals surface area contributed by atoms with E-state index in [1.807, 2.05) is 52.0 Å². The van der Waals surface area contributed by atoms with E-state index in [4.69, 9.17) is 4.74 Å². The summed E-state index contributed by atoms with van der Waals surface area (Å²) in [4.78, 5) is 29.1. The van der Waals surface area contributed by atoms with E-state index in [2.05, 4.69) is 6.07 Å². The van der Waals surface area contributed by atoms with Crippen LogP contribution in [0, 0.1) is 0 Å². The molecule has 1 fully saturated rings. The number of benzene rings is 1. The van der Waals surface area contributed by atoms with Crippen molar-refractivity contribution in [2.45, 2.75) is 19.3 Å². The first kappa shape index (κ1) is 17.6. The van der Waals surface area contributed by atoms with E-state index in [-0.39, 0.29) is 11.8 Å². The molecule has 27 heavy (non-hydrogen) atoms. The van der Waals surface area contributed by atoms with Gasteiger partial charge in [-0.1, -0.05) is 12.1 Å². The molecule has 1 saturated heterocycles. The Morgan fingerprint density at radius 3 is 2.70 bits per heavy atom. The van der Waals surface area contributed by atoms with Gasteiger partial charge in [0, 0.05) is 52.0 Å². The van der Waals surface area contributed by atoms with E-state index >= 15 is 0 Å². The second-order valence-electron chi connectivity index (χ2n) is 7.31. The highest BCUT2D eigenvalue weighted by Crippen LogP contribution is 2.26. The Balaban J connectivity index is 1.36. The van der Waals surface area contributed by atoms with Crippen molar-refractivity contribution in [1.82, 2.24) is 14.4 Å². The Kier molecular flexibility index (Phi) is 4.88. The lowest BCUT2D eigenvalue weighted by molar-refractivity contribution is -0.130. The summed E-state index contributed by atoms with van der Waals surface area (Å²) < 4.78 is 7.41. The lowest BCUT2D eigenvalue weighted by Crippen LogP contribution is -2.37. The average molecular weight is 367 g/mol. The van der Waals surface area contributed by atoms with Crippen molar-refractivity contribution < 1.29 is 14.3 Å². The summed E-state index contributed by atoms with van der Waals surface area (Å²) in [7, 11) is 1.91. The lowest BCUT2D eigenvalue weighted by atomic mass is 10.1. The van der Waals surface area contributed by atoms with Crippen molar-refractivity contribution >= 4 is 11.8 Å². The number of aromatic nitrogens is 1. The Morgan fingerprint density at radius 2 is 1.89 bits per heavy atom. The summed E-state index contributed by atoms with van der Waals surface area (Å²) in [6.45, 7) is 3.28. The molecule has 1 aromatic carbocycles. The monoisotopic (exact) mass is 367 g/mol. The predicted octanol–water partition coefficient (Wildman–Crippen LogP) is 1.88. The van der Waals surface area contributed by atoms with E-state index in [1.165, 1.54) is 5.56 Å². The molecule has 2 aliphatic heterocycles. The van der Waals surface area contributed by atoms with Gasteiger partial charge in [0.2, 0.25) is 5.91 Å². The first-order valence-electron chi connectivity index (χ1n) is 9.54. The number of aryl methyl sites for hydroxylation is 1. The van der Waals surface area contributed by atoms with Crippen molar-refractivity contribution in [3.8, 4) is 5.75 Å². The first-order valence-corrected chi connectivity index (χ1v) is 9.54. The van der Waals surface area contributed by atoms with Crippen molar-refractivity contribution in [3.63, 3.8) is 0 Å². The van der Waals surface area contributed by atoms with E-state index in [1.54, 1.807) is 0 Å². The van der Waals surface area contributed by atoms with Gasteiger partial charge in [-0.2, -0.15) is 0 Å². The second-order valence-corrected chi connectivity index (χ2v) is 7.31. The van der Waals surface area contributed by atoms with Gasteiger partial charge in [0.25, 0.3) is 5.91 Å². The summed E-state index contributed by atoms with van der Waals surface area (Å²) in [5.74, 6) is 1.11. The highest BCUT2D eigenvalue weighted by molar-refractivity contribution is 5.94. The van der Waals surface area contributed by atoms with Gasteiger partial charge < -0.3 is 19.1 Å². The van der Waals surface area contributed by atoms with Crippen LogP contribution in [0.5, 0.6) is 5.75 Å². The summed E-state index contributed by atoms with van der Waals surface area (Å²) >= 11 is 0. The van der Waals surface area contributed by atoms with Crippen molar-refractivity contribution in [2.24, 2.45) is 7.05 Å². The number of rotatable bonds is 3. The Morgan fingerprint density at radius 1 is 1.07 bits per heavy atom. The maximum absolute atomic E-state index is 12.8. The Bertz CT molecular complexity index is 858. The fourth-order valence-corrected chi connectivity index (χ4v) is 3.82. The van der Waals surface area contributed by atoms with Crippen LogP contribution in [-0.4, -0.2) is 59.0 Å².